The maximum absolute atomic E-state index is 13.3. The summed E-state index contributed by atoms with van der Waals surface area (Å²) in [6.45, 7) is 3.88. The van der Waals surface area contributed by atoms with Crippen molar-refractivity contribution in [1.82, 2.24) is 9.29 Å². The van der Waals surface area contributed by atoms with Gasteiger partial charge in [0.25, 0.3) is 10.9 Å². The Kier molecular flexibility index (Phi) is 5.23. The number of rotatable bonds is 4. The van der Waals surface area contributed by atoms with Gasteiger partial charge in [-0.15, -0.1) is 0 Å². The number of aliphatic imine (C=N–C) groups is 1. The van der Waals surface area contributed by atoms with E-state index in [4.69, 9.17) is 11.6 Å². The third-order valence-electron chi connectivity index (χ3n) is 4.74. The molecule has 1 amide bonds. The molecule has 2 heterocycles. The molecule has 0 N–H and O–H groups in total. The molecule has 138 valence electrons. The molecule has 2 atom stereocenters. The van der Waals surface area contributed by atoms with Crippen LogP contribution in [0.15, 0.2) is 51.6 Å². The van der Waals surface area contributed by atoms with Crippen molar-refractivity contribution in [3.8, 4) is 0 Å². The standard InChI is InChI=1S/C18H19ClFN3O2S/c1-11-12(7-8-13(21-16(11)19)18(2)9-10-18)17(24)23(3)26(25)15-6-4-5-14(20)22-15/h4-8,11H,9-10H2,1-3H3. The lowest BCUT2D eigenvalue weighted by Gasteiger charge is -2.21. The van der Waals surface area contributed by atoms with Crippen LogP contribution in [0.5, 0.6) is 0 Å². The van der Waals surface area contributed by atoms with Gasteiger partial charge in [0.05, 0.1) is 7.05 Å². The molecule has 3 rings (SSSR count). The lowest BCUT2D eigenvalue weighted by molar-refractivity contribution is -0.122. The van der Waals surface area contributed by atoms with E-state index in [1.54, 1.807) is 13.0 Å². The van der Waals surface area contributed by atoms with E-state index in [-0.39, 0.29) is 10.4 Å². The number of carbonyl (C=O) groups is 1. The Morgan fingerprint density at radius 3 is 2.73 bits per heavy atom. The molecular weight excluding hydrogens is 377 g/mol. The number of hydrogen-bond donors (Lipinski definition) is 0. The Bertz CT molecular complexity index is 835. The third kappa shape index (κ3) is 3.70. The van der Waals surface area contributed by atoms with E-state index in [9.17, 15) is 13.7 Å². The van der Waals surface area contributed by atoms with Gasteiger partial charge in [-0.3, -0.25) is 4.79 Å². The molecule has 1 fully saturated rings. The SMILES string of the molecule is CC1C(C(=O)N(C)[S+]([O-])c2cccc(F)n2)=CC=C(C2(C)CC2)N=C1Cl. The molecule has 5 nitrogen and oxygen atoms in total. The second kappa shape index (κ2) is 7.13. The molecule has 1 aromatic rings. The van der Waals surface area contributed by atoms with Crippen molar-refractivity contribution in [2.24, 2.45) is 16.3 Å². The van der Waals surface area contributed by atoms with Gasteiger partial charge in [0.2, 0.25) is 5.95 Å². The van der Waals surface area contributed by atoms with Crippen LogP contribution in [0.4, 0.5) is 4.39 Å². The molecule has 2 unspecified atom stereocenters. The highest BCUT2D eigenvalue weighted by Gasteiger charge is 2.42. The van der Waals surface area contributed by atoms with Gasteiger partial charge < -0.3 is 4.55 Å². The van der Waals surface area contributed by atoms with Crippen LogP contribution in [0, 0.1) is 17.3 Å². The van der Waals surface area contributed by atoms with Gasteiger partial charge in [0.1, 0.15) is 16.5 Å². The summed E-state index contributed by atoms with van der Waals surface area (Å²) >= 11 is 4.39. The largest absolute Gasteiger partial charge is 0.586 e. The van der Waals surface area contributed by atoms with Crippen LogP contribution < -0.4 is 0 Å². The van der Waals surface area contributed by atoms with Gasteiger partial charge in [0, 0.05) is 28.7 Å². The summed E-state index contributed by atoms with van der Waals surface area (Å²) in [5.41, 5.74) is 1.24. The van der Waals surface area contributed by atoms with Crippen molar-refractivity contribution in [3.05, 3.63) is 47.6 Å². The minimum Gasteiger partial charge on any atom is -0.586 e. The maximum Gasteiger partial charge on any atom is 0.291 e. The number of likely N-dealkylation sites (N-methyl/N-ethyl adjacent to an activating group) is 1. The molecule has 2 aliphatic rings. The molecule has 0 saturated heterocycles. The summed E-state index contributed by atoms with van der Waals surface area (Å²) < 4.78 is 26.9. The van der Waals surface area contributed by atoms with Gasteiger partial charge in [-0.2, -0.15) is 13.7 Å². The highest BCUT2D eigenvalue weighted by molar-refractivity contribution is 7.89. The molecule has 1 aliphatic heterocycles. The molecule has 0 aromatic carbocycles. The predicted octanol–water partition coefficient (Wildman–Crippen LogP) is 3.60. The number of halogens is 2. The first kappa shape index (κ1) is 19.1. The van der Waals surface area contributed by atoms with Crippen molar-refractivity contribution in [3.63, 3.8) is 0 Å². The first-order chi connectivity index (χ1) is 12.2. The van der Waals surface area contributed by atoms with Crippen LogP contribution in [0.25, 0.3) is 0 Å². The molecule has 1 saturated carbocycles. The molecule has 0 spiro atoms. The van der Waals surface area contributed by atoms with E-state index in [1.165, 1.54) is 19.2 Å². The van der Waals surface area contributed by atoms with Crippen molar-refractivity contribution in [1.29, 1.82) is 0 Å². The molecule has 1 aliphatic carbocycles. The quantitative estimate of drug-likeness (QED) is 0.577. The minimum absolute atomic E-state index is 0.00899. The fourth-order valence-electron chi connectivity index (χ4n) is 2.61. The maximum atomic E-state index is 13.3. The van der Waals surface area contributed by atoms with E-state index in [0.29, 0.717) is 10.7 Å². The third-order valence-corrected chi connectivity index (χ3v) is 6.40. The number of allylic oxidation sites excluding steroid dienone is 3. The molecule has 26 heavy (non-hydrogen) atoms. The zero-order chi connectivity index (χ0) is 19.1. The van der Waals surface area contributed by atoms with E-state index in [1.807, 2.05) is 6.08 Å². The average molecular weight is 396 g/mol. The number of nitrogens with zero attached hydrogens (tertiary/aromatic N) is 3. The van der Waals surface area contributed by atoms with Crippen LogP contribution in [0.3, 0.4) is 0 Å². The zero-order valence-electron chi connectivity index (χ0n) is 14.7. The fourth-order valence-corrected chi connectivity index (χ4v) is 3.72. The van der Waals surface area contributed by atoms with E-state index >= 15 is 0 Å². The summed E-state index contributed by atoms with van der Waals surface area (Å²) in [5.74, 6) is -1.65. The van der Waals surface area contributed by atoms with Crippen molar-refractivity contribution in [2.45, 2.75) is 31.7 Å². The highest BCUT2D eigenvalue weighted by atomic mass is 35.5. The van der Waals surface area contributed by atoms with Crippen LogP contribution in [0.2, 0.25) is 0 Å². The van der Waals surface area contributed by atoms with Gasteiger partial charge in [0.15, 0.2) is 0 Å². The Hall–Kier alpha value is -1.70. The van der Waals surface area contributed by atoms with Gasteiger partial charge in [-0.05, 0) is 25.0 Å². The average Bonchev–Trinajstić information content (AvgIpc) is 3.38. The monoisotopic (exact) mass is 395 g/mol. The summed E-state index contributed by atoms with van der Waals surface area (Å²) in [7, 11) is 1.39. The summed E-state index contributed by atoms with van der Waals surface area (Å²) in [6, 6.07) is 3.96. The van der Waals surface area contributed by atoms with Crippen LogP contribution >= 0.6 is 11.6 Å². The van der Waals surface area contributed by atoms with Crippen molar-refractivity contribution >= 4 is 34.0 Å². The summed E-state index contributed by atoms with van der Waals surface area (Å²) in [5, 5.41) is 0.300. The normalized spacial score (nSPS) is 22.5. The molecule has 8 heteroatoms. The smallest absolute Gasteiger partial charge is 0.291 e. The Labute approximate surface area is 160 Å². The van der Waals surface area contributed by atoms with E-state index in [0.717, 1.165) is 28.9 Å². The summed E-state index contributed by atoms with van der Waals surface area (Å²) in [6.07, 6.45) is 5.57. The molecular formula is C18H19ClFN3O2S. The topological polar surface area (TPSA) is 68.6 Å². The number of aromatic nitrogens is 1. The van der Waals surface area contributed by atoms with Gasteiger partial charge >= 0.3 is 0 Å². The van der Waals surface area contributed by atoms with Crippen LogP contribution in [-0.4, -0.2) is 32.0 Å². The Morgan fingerprint density at radius 2 is 2.12 bits per heavy atom. The van der Waals surface area contributed by atoms with Crippen LogP contribution in [-0.2, 0) is 16.2 Å². The summed E-state index contributed by atoms with van der Waals surface area (Å²) in [4.78, 5) is 20.9. The van der Waals surface area contributed by atoms with Crippen LogP contribution in [0.1, 0.15) is 26.7 Å². The number of amides is 1. The van der Waals surface area contributed by atoms with E-state index < -0.39 is 29.1 Å². The number of pyridine rings is 1. The first-order valence-corrected chi connectivity index (χ1v) is 9.70. The first-order valence-electron chi connectivity index (χ1n) is 8.22. The lowest BCUT2D eigenvalue weighted by Crippen LogP contribution is -2.36. The Balaban J connectivity index is 1.87. The van der Waals surface area contributed by atoms with Crippen molar-refractivity contribution < 1.29 is 13.7 Å². The fraction of sp³-hybridized carbons (Fsp3) is 0.389. The van der Waals surface area contributed by atoms with E-state index in [2.05, 4.69) is 16.9 Å². The number of hydrogen-bond acceptors (Lipinski definition) is 4. The second-order valence-electron chi connectivity index (χ2n) is 6.74. The zero-order valence-corrected chi connectivity index (χ0v) is 16.3. The predicted molar refractivity (Wildman–Crippen MR) is 99.3 cm³/mol. The molecule has 1 aromatic heterocycles. The minimum atomic E-state index is -1.93. The second-order valence-corrected chi connectivity index (χ2v) is 8.59. The Morgan fingerprint density at radius 1 is 1.42 bits per heavy atom. The highest BCUT2D eigenvalue weighted by Crippen LogP contribution is 2.52. The van der Waals surface area contributed by atoms with Gasteiger partial charge in [-0.25, -0.2) is 4.99 Å². The molecule has 0 bridgehead atoms. The van der Waals surface area contributed by atoms with Crippen molar-refractivity contribution in [2.75, 3.05) is 7.05 Å². The molecule has 0 radical (unpaired) electrons. The van der Waals surface area contributed by atoms with Gasteiger partial charge in [-0.1, -0.05) is 37.6 Å². The number of carbonyl (C=O) groups excluding carboxylic acids is 1. The lowest BCUT2D eigenvalue weighted by atomic mass is 10.0.